The molecule has 0 saturated carbocycles. The van der Waals surface area contributed by atoms with Crippen LogP contribution >= 0.6 is 0 Å². The summed E-state index contributed by atoms with van der Waals surface area (Å²) in [6.07, 6.45) is -0.539. The zero-order valence-electron chi connectivity index (χ0n) is 10.9. The first-order chi connectivity index (χ1) is 9.12. The summed E-state index contributed by atoms with van der Waals surface area (Å²) in [7, 11) is -3.86. The Bertz CT molecular complexity index is 653. The summed E-state index contributed by atoms with van der Waals surface area (Å²) in [5.41, 5.74) is 0.812. The van der Waals surface area contributed by atoms with E-state index in [2.05, 4.69) is 4.72 Å². The molecule has 0 aliphatic rings. The topological polar surface area (TPSA) is 127 Å². The fourth-order valence-electron chi connectivity index (χ4n) is 1.59. The maximum atomic E-state index is 11.7. The number of rotatable bonds is 6. The number of sulfonamides is 1. The summed E-state index contributed by atoms with van der Waals surface area (Å²) in [4.78, 5) is 20.6. The normalized spacial score (nSPS) is 11.1. The van der Waals surface area contributed by atoms with Crippen molar-refractivity contribution < 1.29 is 23.2 Å². The number of carboxylic acid groups (broad SMARTS) is 1. The van der Waals surface area contributed by atoms with Crippen LogP contribution in [0.5, 0.6) is 0 Å². The van der Waals surface area contributed by atoms with E-state index in [1.165, 1.54) is 6.07 Å². The summed E-state index contributed by atoms with van der Waals surface area (Å²) in [6, 6.07) is 2.62. The highest BCUT2D eigenvalue weighted by Crippen LogP contribution is 2.27. The number of carboxylic acids is 1. The molecule has 0 aliphatic heterocycles. The van der Waals surface area contributed by atoms with E-state index >= 15 is 0 Å². The lowest BCUT2D eigenvalue weighted by molar-refractivity contribution is -0.385. The first kappa shape index (κ1) is 15.9. The summed E-state index contributed by atoms with van der Waals surface area (Å²) >= 11 is 0. The van der Waals surface area contributed by atoms with E-state index < -0.39 is 33.1 Å². The number of nitrogens with zero attached hydrogens (tertiary/aromatic N) is 1. The van der Waals surface area contributed by atoms with Crippen LogP contribution in [0, 0.1) is 24.0 Å². The molecule has 0 fully saturated rings. The number of hydrogen-bond donors (Lipinski definition) is 2. The molecule has 0 atom stereocenters. The zero-order chi connectivity index (χ0) is 15.5. The second kappa shape index (κ2) is 5.87. The molecule has 0 aliphatic carbocycles. The molecule has 0 radical (unpaired) electrons. The third kappa shape index (κ3) is 4.19. The minimum absolute atomic E-state index is 0.0766. The summed E-state index contributed by atoms with van der Waals surface area (Å²) in [5, 5.41) is 19.3. The van der Waals surface area contributed by atoms with Crippen LogP contribution in [0.3, 0.4) is 0 Å². The first-order valence-electron chi connectivity index (χ1n) is 5.60. The molecule has 0 amide bonds. The van der Waals surface area contributed by atoms with Gasteiger partial charge in [0.15, 0.2) is 0 Å². The number of carbonyl (C=O) groups is 1. The van der Waals surface area contributed by atoms with Crippen LogP contribution in [0.4, 0.5) is 11.4 Å². The highest BCUT2D eigenvalue weighted by Gasteiger charge is 2.18. The lowest BCUT2D eigenvalue weighted by atomic mass is 10.1. The summed E-state index contributed by atoms with van der Waals surface area (Å²) in [5.74, 6) is -1.83. The number of aryl methyl sites for hydroxylation is 2. The van der Waals surface area contributed by atoms with E-state index in [4.69, 9.17) is 5.11 Å². The molecule has 20 heavy (non-hydrogen) atoms. The van der Waals surface area contributed by atoms with Crippen molar-refractivity contribution in [2.75, 3.05) is 10.5 Å². The van der Waals surface area contributed by atoms with E-state index in [0.717, 1.165) is 6.07 Å². The van der Waals surface area contributed by atoms with E-state index in [-0.39, 0.29) is 11.4 Å². The van der Waals surface area contributed by atoms with Crippen molar-refractivity contribution in [3.8, 4) is 0 Å². The molecule has 1 rings (SSSR count). The molecule has 1 aromatic rings. The Labute approximate surface area is 115 Å². The van der Waals surface area contributed by atoms with Crippen LogP contribution in [0.2, 0.25) is 0 Å². The van der Waals surface area contributed by atoms with Gasteiger partial charge in [0.1, 0.15) is 0 Å². The highest BCUT2D eigenvalue weighted by atomic mass is 32.2. The van der Waals surface area contributed by atoms with E-state index in [1.54, 1.807) is 13.8 Å². The van der Waals surface area contributed by atoms with E-state index in [1.807, 2.05) is 0 Å². The number of hydrogen-bond acceptors (Lipinski definition) is 5. The molecular weight excluding hydrogens is 288 g/mol. The Hall–Kier alpha value is -2.16. The van der Waals surface area contributed by atoms with Gasteiger partial charge < -0.3 is 5.11 Å². The van der Waals surface area contributed by atoms with Crippen LogP contribution in [-0.4, -0.2) is 30.2 Å². The Kier molecular flexibility index (Phi) is 4.66. The van der Waals surface area contributed by atoms with Crippen LogP contribution in [0.1, 0.15) is 17.5 Å². The molecule has 110 valence electrons. The SMILES string of the molecule is Cc1cc(C)c([N+](=O)[O-])cc1NS(=O)(=O)CCC(=O)O. The molecule has 0 bridgehead atoms. The molecule has 0 saturated heterocycles. The van der Waals surface area contributed by atoms with Gasteiger partial charge in [-0.3, -0.25) is 19.6 Å². The van der Waals surface area contributed by atoms with Crippen molar-refractivity contribution in [3.05, 3.63) is 33.4 Å². The molecule has 8 nitrogen and oxygen atoms in total. The average Bonchev–Trinajstić information content (AvgIpc) is 2.29. The molecule has 1 aromatic carbocycles. The fraction of sp³-hybridized carbons (Fsp3) is 0.364. The Morgan fingerprint density at radius 3 is 2.45 bits per heavy atom. The summed E-state index contributed by atoms with van der Waals surface area (Å²) < 4.78 is 25.5. The second-order valence-corrected chi connectivity index (χ2v) is 6.12. The number of nitrogens with one attached hydrogen (secondary N) is 1. The molecular formula is C11H14N2O6S. The van der Waals surface area contributed by atoms with Crippen LogP contribution in [0.25, 0.3) is 0 Å². The highest BCUT2D eigenvalue weighted by molar-refractivity contribution is 7.92. The van der Waals surface area contributed by atoms with Gasteiger partial charge in [0.25, 0.3) is 5.69 Å². The van der Waals surface area contributed by atoms with Crippen molar-refractivity contribution in [2.45, 2.75) is 20.3 Å². The average molecular weight is 302 g/mol. The van der Waals surface area contributed by atoms with Gasteiger partial charge in [-0.15, -0.1) is 0 Å². The fourth-order valence-corrected chi connectivity index (χ4v) is 2.69. The van der Waals surface area contributed by atoms with Crippen LogP contribution in [-0.2, 0) is 14.8 Å². The van der Waals surface area contributed by atoms with Crippen LogP contribution in [0.15, 0.2) is 12.1 Å². The van der Waals surface area contributed by atoms with Gasteiger partial charge >= 0.3 is 5.97 Å². The standard InChI is InChI=1S/C11H14N2O6S/c1-7-5-8(2)10(13(16)17)6-9(7)12-20(18,19)4-3-11(14)15/h5-6,12H,3-4H2,1-2H3,(H,14,15). The van der Waals surface area contributed by atoms with Crippen molar-refractivity contribution >= 4 is 27.4 Å². The van der Waals surface area contributed by atoms with Gasteiger partial charge in [-0.2, -0.15) is 0 Å². The van der Waals surface area contributed by atoms with Gasteiger partial charge in [0, 0.05) is 11.6 Å². The van der Waals surface area contributed by atoms with Gasteiger partial charge in [-0.1, -0.05) is 0 Å². The molecule has 0 heterocycles. The predicted octanol–water partition coefficient (Wildman–Crippen LogP) is 1.43. The van der Waals surface area contributed by atoms with E-state index in [9.17, 15) is 23.3 Å². The van der Waals surface area contributed by atoms with Gasteiger partial charge in [0.2, 0.25) is 10.0 Å². The Morgan fingerprint density at radius 1 is 1.35 bits per heavy atom. The number of nitro benzene ring substituents is 1. The van der Waals surface area contributed by atoms with Crippen LogP contribution < -0.4 is 4.72 Å². The maximum absolute atomic E-state index is 11.7. The maximum Gasteiger partial charge on any atom is 0.304 e. The van der Waals surface area contributed by atoms with Gasteiger partial charge in [0.05, 0.1) is 22.8 Å². The third-order valence-electron chi connectivity index (χ3n) is 2.59. The monoisotopic (exact) mass is 302 g/mol. The molecule has 0 unspecified atom stereocenters. The number of aliphatic carboxylic acids is 1. The number of benzene rings is 1. The smallest absolute Gasteiger partial charge is 0.304 e. The number of nitro groups is 1. The quantitative estimate of drug-likeness (QED) is 0.604. The second-order valence-electron chi connectivity index (χ2n) is 4.28. The molecule has 0 spiro atoms. The lowest BCUT2D eigenvalue weighted by Gasteiger charge is -2.10. The Balaban J connectivity index is 3.06. The van der Waals surface area contributed by atoms with Crippen molar-refractivity contribution in [1.82, 2.24) is 0 Å². The van der Waals surface area contributed by atoms with Gasteiger partial charge in [-0.05, 0) is 25.5 Å². The zero-order valence-corrected chi connectivity index (χ0v) is 11.7. The first-order valence-corrected chi connectivity index (χ1v) is 7.25. The summed E-state index contributed by atoms with van der Waals surface area (Å²) in [6.45, 7) is 3.15. The largest absolute Gasteiger partial charge is 0.481 e. The van der Waals surface area contributed by atoms with Crippen molar-refractivity contribution in [1.29, 1.82) is 0 Å². The van der Waals surface area contributed by atoms with Crippen molar-refractivity contribution in [3.63, 3.8) is 0 Å². The molecule has 9 heteroatoms. The van der Waals surface area contributed by atoms with E-state index in [0.29, 0.717) is 11.1 Å². The van der Waals surface area contributed by atoms with Gasteiger partial charge in [-0.25, -0.2) is 8.42 Å². The minimum atomic E-state index is -3.86. The van der Waals surface area contributed by atoms with Crippen molar-refractivity contribution in [2.24, 2.45) is 0 Å². The minimum Gasteiger partial charge on any atom is -0.481 e. The third-order valence-corrected chi connectivity index (χ3v) is 3.86. The number of anilines is 1. The Morgan fingerprint density at radius 2 is 1.95 bits per heavy atom. The lowest BCUT2D eigenvalue weighted by Crippen LogP contribution is -2.19. The molecule has 2 N–H and O–H groups in total. The predicted molar refractivity (Wildman–Crippen MR) is 72.2 cm³/mol. The molecule has 0 aromatic heterocycles.